The Bertz CT molecular complexity index is 187. The van der Waals surface area contributed by atoms with E-state index in [0.717, 1.165) is 25.7 Å². The molecular formula is C14H26O2. The summed E-state index contributed by atoms with van der Waals surface area (Å²) in [5, 5.41) is 0. The first-order valence-electron chi connectivity index (χ1n) is 6.54. The Labute approximate surface area is 100 Å². The maximum absolute atomic E-state index is 11.4. The standard InChI is InChI=1S/C14H26O2/c1-4-7-8-9-12-13(10-5-2)16-14(15)11-6-3/h5,13H,2,4,6-12H2,1,3H3. The van der Waals surface area contributed by atoms with Crippen LogP contribution in [0.2, 0.25) is 0 Å². The van der Waals surface area contributed by atoms with E-state index in [9.17, 15) is 4.79 Å². The van der Waals surface area contributed by atoms with E-state index in [0.29, 0.717) is 6.42 Å². The van der Waals surface area contributed by atoms with Crippen LogP contribution in [0, 0.1) is 0 Å². The molecule has 0 aromatic heterocycles. The lowest BCUT2D eigenvalue weighted by molar-refractivity contribution is -0.149. The second kappa shape index (κ2) is 10.7. The highest BCUT2D eigenvalue weighted by Gasteiger charge is 2.11. The lowest BCUT2D eigenvalue weighted by Crippen LogP contribution is -2.17. The maximum atomic E-state index is 11.4. The topological polar surface area (TPSA) is 26.3 Å². The first kappa shape index (κ1) is 15.2. The number of hydrogen-bond acceptors (Lipinski definition) is 2. The van der Waals surface area contributed by atoms with Crippen LogP contribution in [0.25, 0.3) is 0 Å². The minimum Gasteiger partial charge on any atom is -0.462 e. The molecule has 1 atom stereocenters. The van der Waals surface area contributed by atoms with E-state index in [4.69, 9.17) is 4.74 Å². The van der Waals surface area contributed by atoms with E-state index in [-0.39, 0.29) is 12.1 Å². The van der Waals surface area contributed by atoms with Crippen LogP contribution in [0.5, 0.6) is 0 Å². The van der Waals surface area contributed by atoms with Gasteiger partial charge in [-0.1, -0.05) is 39.2 Å². The SMILES string of the molecule is C=CCC(CCCCCC)OC(=O)CCC. The average molecular weight is 226 g/mol. The number of carbonyl (C=O) groups is 1. The van der Waals surface area contributed by atoms with Crippen molar-refractivity contribution in [3.05, 3.63) is 12.7 Å². The predicted octanol–water partition coefficient (Wildman–Crippen LogP) is 4.24. The van der Waals surface area contributed by atoms with E-state index in [2.05, 4.69) is 13.5 Å². The monoisotopic (exact) mass is 226 g/mol. The summed E-state index contributed by atoms with van der Waals surface area (Å²) >= 11 is 0. The zero-order valence-corrected chi connectivity index (χ0v) is 10.8. The Morgan fingerprint density at radius 1 is 1.25 bits per heavy atom. The highest BCUT2D eigenvalue weighted by molar-refractivity contribution is 5.69. The van der Waals surface area contributed by atoms with Gasteiger partial charge < -0.3 is 4.74 Å². The number of rotatable bonds is 10. The van der Waals surface area contributed by atoms with Gasteiger partial charge in [-0.25, -0.2) is 0 Å². The number of hydrogen-bond donors (Lipinski definition) is 0. The first-order chi connectivity index (χ1) is 7.74. The fourth-order valence-corrected chi connectivity index (χ4v) is 1.66. The molecule has 0 bridgehead atoms. The van der Waals surface area contributed by atoms with Crippen LogP contribution in [0.1, 0.15) is 65.2 Å². The number of ether oxygens (including phenoxy) is 1. The molecule has 0 aliphatic rings. The number of esters is 1. The van der Waals surface area contributed by atoms with Crippen LogP contribution in [0.4, 0.5) is 0 Å². The van der Waals surface area contributed by atoms with E-state index < -0.39 is 0 Å². The van der Waals surface area contributed by atoms with Gasteiger partial charge in [0.2, 0.25) is 0 Å². The molecule has 0 aromatic carbocycles. The fourth-order valence-electron chi connectivity index (χ4n) is 1.66. The molecule has 0 rings (SSSR count). The molecule has 0 N–H and O–H groups in total. The summed E-state index contributed by atoms with van der Waals surface area (Å²) in [5.74, 6) is -0.0650. The van der Waals surface area contributed by atoms with Crippen molar-refractivity contribution in [2.75, 3.05) is 0 Å². The third-order valence-corrected chi connectivity index (χ3v) is 2.56. The van der Waals surface area contributed by atoms with Crippen LogP contribution >= 0.6 is 0 Å². The molecule has 94 valence electrons. The molecule has 0 aliphatic carbocycles. The van der Waals surface area contributed by atoms with Gasteiger partial charge >= 0.3 is 5.97 Å². The van der Waals surface area contributed by atoms with Crippen LogP contribution in [-0.2, 0) is 9.53 Å². The molecule has 2 heteroatoms. The Morgan fingerprint density at radius 3 is 2.56 bits per heavy atom. The van der Waals surface area contributed by atoms with Crippen molar-refractivity contribution in [3.8, 4) is 0 Å². The van der Waals surface area contributed by atoms with Crippen molar-refractivity contribution in [2.24, 2.45) is 0 Å². The van der Waals surface area contributed by atoms with Gasteiger partial charge in [-0.15, -0.1) is 6.58 Å². The highest BCUT2D eigenvalue weighted by Crippen LogP contribution is 2.12. The normalized spacial score (nSPS) is 12.1. The van der Waals surface area contributed by atoms with E-state index >= 15 is 0 Å². The van der Waals surface area contributed by atoms with Gasteiger partial charge in [-0.2, -0.15) is 0 Å². The van der Waals surface area contributed by atoms with Gasteiger partial charge in [0.05, 0.1) is 0 Å². The van der Waals surface area contributed by atoms with Crippen LogP contribution < -0.4 is 0 Å². The lowest BCUT2D eigenvalue weighted by Gasteiger charge is -2.16. The smallest absolute Gasteiger partial charge is 0.306 e. The second-order valence-corrected chi connectivity index (χ2v) is 4.24. The highest BCUT2D eigenvalue weighted by atomic mass is 16.5. The molecule has 0 saturated carbocycles. The van der Waals surface area contributed by atoms with Crippen molar-refractivity contribution in [1.82, 2.24) is 0 Å². The van der Waals surface area contributed by atoms with Crippen molar-refractivity contribution < 1.29 is 9.53 Å². The molecule has 0 radical (unpaired) electrons. The quantitative estimate of drug-likeness (QED) is 0.316. The Balaban J connectivity index is 3.77. The van der Waals surface area contributed by atoms with Crippen LogP contribution in [0.15, 0.2) is 12.7 Å². The molecule has 0 fully saturated rings. The zero-order valence-electron chi connectivity index (χ0n) is 10.8. The lowest BCUT2D eigenvalue weighted by atomic mass is 10.1. The Hall–Kier alpha value is -0.790. The predicted molar refractivity (Wildman–Crippen MR) is 68.4 cm³/mol. The van der Waals surface area contributed by atoms with Crippen molar-refractivity contribution in [1.29, 1.82) is 0 Å². The number of unbranched alkanes of at least 4 members (excludes halogenated alkanes) is 3. The van der Waals surface area contributed by atoms with Crippen molar-refractivity contribution in [3.63, 3.8) is 0 Å². The third kappa shape index (κ3) is 8.51. The van der Waals surface area contributed by atoms with Gasteiger partial charge in [0.1, 0.15) is 6.10 Å². The largest absolute Gasteiger partial charge is 0.462 e. The molecule has 0 heterocycles. The minimum absolute atomic E-state index is 0.0495. The van der Waals surface area contributed by atoms with E-state index in [1.165, 1.54) is 19.3 Å². The van der Waals surface area contributed by atoms with Gasteiger partial charge in [-0.05, 0) is 19.3 Å². The summed E-state index contributed by atoms with van der Waals surface area (Å²) < 4.78 is 5.40. The molecule has 0 amide bonds. The molecule has 2 nitrogen and oxygen atoms in total. The Kier molecular flexibility index (Phi) is 10.2. The van der Waals surface area contributed by atoms with Crippen molar-refractivity contribution in [2.45, 2.75) is 71.3 Å². The number of carbonyl (C=O) groups excluding carboxylic acids is 1. The van der Waals surface area contributed by atoms with Gasteiger partial charge in [-0.3, -0.25) is 4.79 Å². The van der Waals surface area contributed by atoms with Gasteiger partial charge in [0, 0.05) is 12.8 Å². The summed E-state index contributed by atoms with van der Waals surface area (Å²) in [5.41, 5.74) is 0. The molecular weight excluding hydrogens is 200 g/mol. The summed E-state index contributed by atoms with van der Waals surface area (Å²) in [7, 11) is 0. The molecule has 0 saturated heterocycles. The van der Waals surface area contributed by atoms with Gasteiger partial charge in [0.25, 0.3) is 0 Å². The molecule has 0 aromatic rings. The third-order valence-electron chi connectivity index (χ3n) is 2.56. The summed E-state index contributed by atoms with van der Waals surface area (Å²) in [6.07, 6.45) is 9.91. The summed E-state index contributed by atoms with van der Waals surface area (Å²) in [6.45, 7) is 7.89. The first-order valence-corrected chi connectivity index (χ1v) is 6.54. The summed E-state index contributed by atoms with van der Waals surface area (Å²) in [6, 6.07) is 0. The maximum Gasteiger partial charge on any atom is 0.306 e. The van der Waals surface area contributed by atoms with Crippen LogP contribution in [0.3, 0.4) is 0 Å². The summed E-state index contributed by atoms with van der Waals surface area (Å²) in [4.78, 5) is 11.4. The van der Waals surface area contributed by atoms with Crippen LogP contribution in [-0.4, -0.2) is 12.1 Å². The Morgan fingerprint density at radius 2 is 2.00 bits per heavy atom. The second-order valence-electron chi connectivity index (χ2n) is 4.24. The zero-order chi connectivity index (χ0) is 12.2. The fraction of sp³-hybridized carbons (Fsp3) is 0.786. The molecule has 1 unspecified atom stereocenters. The molecule has 0 aliphatic heterocycles. The van der Waals surface area contributed by atoms with Gasteiger partial charge in [0.15, 0.2) is 0 Å². The minimum atomic E-state index is -0.0650. The van der Waals surface area contributed by atoms with Crippen molar-refractivity contribution >= 4 is 5.97 Å². The van der Waals surface area contributed by atoms with E-state index in [1.54, 1.807) is 0 Å². The van der Waals surface area contributed by atoms with E-state index in [1.807, 2.05) is 13.0 Å². The molecule has 16 heavy (non-hydrogen) atoms. The molecule has 0 spiro atoms. The average Bonchev–Trinajstić information content (AvgIpc) is 2.25.